The van der Waals surface area contributed by atoms with E-state index in [4.69, 9.17) is 23.4 Å². The minimum Gasteiger partial charge on any atom is -0.469 e. The molecule has 5 atom stereocenters. The lowest BCUT2D eigenvalue weighted by atomic mass is 10.2. The molecular weight excluding hydrogens is 616 g/mol. The Kier molecular flexibility index (Phi) is 16.3. The standard InChI is InChI=1S/C37H52O9Si/c1-27(24-36(40)41-7)44-34(38)22-20-32(42-25-30-16-12-10-13-17-30)28(2)45-35(39)23-21-33(43-26-31-18-14-11-15-19-31)29(3)46-47(8,9)37(4,5)6/h10-23,27-29,32-33H,24-26H2,1-9H3/b22-20+,23-21+/t27-,28+,29+,32-,33-/m1/s1. The third-order valence-electron chi connectivity index (χ3n) is 7.93. The van der Waals surface area contributed by atoms with Crippen molar-refractivity contribution >= 4 is 26.2 Å². The van der Waals surface area contributed by atoms with E-state index in [0.29, 0.717) is 6.61 Å². The fourth-order valence-electron chi connectivity index (χ4n) is 4.17. The van der Waals surface area contributed by atoms with Crippen LogP contribution in [0.4, 0.5) is 0 Å². The Labute approximate surface area is 281 Å². The Morgan fingerprint density at radius 2 is 1.17 bits per heavy atom. The van der Waals surface area contributed by atoms with E-state index in [1.807, 2.05) is 67.6 Å². The van der Waals surface area contributed by atoms with Crippen molar-refractivity contribution in [2.24, 2.45) is 0 Å². The largest absolute Gasteiger partial charge is 0.469 e. The molecular formula is C37H52O9Si. The Hall–Kier alpha value is -3.57. The number of benzene rings is 2. The van der Waals surface area contributed by atoms with E-state index < -0.39 is 50.6 Å². The third kappa shape index (κ3) is 14.8. The van der Waals surface area contributed by atoms with Gasteiger partial charge in [0.1, 0.15) is 24.4 Å². The summed E-state index contributed by atoms with van der Waals surface area (Å²) in [5.41, 5.74) is 1.91. The van der Waals surface area contributed by atoms with Gasteiger partial charge in [0.25, 0.3) is 0 Å². The summed E-state index contributed by atoms with van der Waals surface area (Å²) in [4.78, 5) is 37.0. The van der Waals surface area contributed by atoms with Gasteiger partial charge in [-0.3, -0.25) is 4.79 Å². The summed E-state index contributed by atoms with van der Waals surface area (Å²) < 4.78 is 34.5. The van der Waals surface area contributed by atoms with Gasteiger partial charge in [0.05, 0.1) is 32.8 Å². The van der Waals surface area contributed by atoms with Crippen LogP contribution in [0.3, 0.4) is 0 Å². The summed E-state index contributed by atoms with van der Waals surface area (Å²) >= 11 is 0. The van der Waals surface area contributed by atoms with Crippen LogP contribution >= 0.6 is 0 Å². The molecule has 10 heteroatoms. The number of ether oxygens (including phenoxy) is 5. The highest BCUT2D eigenvalue weighted by molar-refractivity contribution is 6.74. The number of carbonyl (C=O) groups excluding carboxylic acids is 3. The van der Waals surface area contributed by atoms with Crippen molar-refractivity contribution in [2.75, 3.05) is 7.11 Å². The van der Waals surface area contributed by atoms with Crippen LogP contribution in [0.25, 0.3) is 0 Å². The van der Waals surface area contributed by atoms with Crippen molar-refractivity contribution in [1.29, 1.82) is 0 Å². The summed E-state index contributed by atoms with van der Waals surface area (Å²) in [7, 11) is -0.859. The lowest BCUT2D eigenvalue weighted by Crippen LogP contribution is -2.46. The molecule has 2 rings (SSSR count). The van der Waals surface area contributed by atoms with Crippen LogP contribution in [0, 0.1) is 0 Å². The molecule has 0 amide bonds. The minimum absolute atomic E-state index is 0.00257. The molecule has 0 aliphatic carbocycles. The van der Waals surface area contributed by atoms with Gasteiger partial charge < -0.3 is 28.1 Å². The van der Waals surface area contributed by atoms with Crippen LogP contribution in [-0.4, -0.2) is 63.9 Å². The van der Waals surface area contributed by atoms with E-state index in [9.17, 15) is 14.4 Å². The Morgan fingerprint density at radius 1 is 0.723 bits per heavy atom. The van der Waals surface area contributed by atoms with Gasteiger partial charge in [-0.1, -0.05) is 81.4 Å². The predicted molar refractivity (Wildman–Crippen MR) is 184 cm³/mol. The molecule has 258 valence electrons. The van der Waals surface area contributed by atoms with Crippen molar-refractivity contribution in [1.82, 2.24) is 0 Å². The SMILES string of the molecule is COC(=O)C[C@@H](C)OC(=O)/C=C/[C@@H](OCc1ccccc1)[C@H](C)OC(=O)/C=C/[C@@H](OCc1ccccc1)[C@H](C)O[Si](C)(C)C(C)(C)C. The Balaban J connectivity index is 2.16. The molecule has 0 aliphatic heterocycles. The highest BCUT2D eigenvalue weighted by Gasteiger charge is 2.39. The van der Waals surface area contributed by atoms with Crippen molar-refractivity contribution in [3.8, 4) is 0 Å². The van der Waals surface area contributed by atoms with Gasteiger partial charge in [0, 0.05) is 12.2 Å². The van der Waals surface area contributed by atoms with Crippen LogP contribution in [0.5, 0.6) is 0 Å². The Morgan fingerprint density at radius 3 is 1.62 bits per heavy atom. The molecule has 0 fully saturated rings. The van der Waals surface area contributed by atoms with Gasteiger partial charge in [-0.2, -0.15) is 0 Å². The van der Waals surface area contributed by atoms with E-state index in [1.165, 1.54) is 25.3 Å². The van der Waals surface area contributed by atoms with Gasteiger partial charge in [-0.15, -0.1) is 0 Å². The fourth-order valence-corrected chi connectivity index (χ4v) is 5.59. The first kappa shape index (κ1) is 39.6. The average Bonchev–Trinajstić information content (AvgIpc) is 3.00. The van der Waals surface area contributed by atoms with E-state index >= 15 is 0 Å². The molecule has 0 saturated carbocycles. The maximum Gasteiger partial charge on any atom is 0.330 e. The third-order valence-corrected chi connectivity index (χ3v) is 12.5. The Bertz CT molecular complexity index is 1300. The van der Waals surface area contributed by atoms with Crippen LogP contribution in [0.2, 0.25) is 18.1 Å². The summed E-state index contributed by atoms with van der Waals surface area (Å²) in [5, 5.41) is -0.00257. The highest BCUT2D eigenvalue weighted by Crippen LogP contribution is 2.37. The van der Waals surface area contributed by atoms with Crippen molar-refractivity contribution in [3.63, 3.8) is 0 Å². The summed E-state index contributed by atoms with van der Waals surface area (Å²) in [6.07, 6.45) is 2.58. The average molecular weight is 669 g/mol. The topological polar surface area (TPSA) is 107 Å². The molecule has 0 spiro atoms. The molecule has 0 heterocycles. The first-order chi connectivity index (χ1) is 22.1. The maximum atomic E-state index is 13.1. The van der Waals surface area contributed by atoms with E-state index in [-0.39, 0.29) is 24.2 Å². The second kappa shape index (κ2) is 19.3. The monoisotopic (exact) mass is 668 g/mol. The van der Waals surface area contributed by atoms with E-state index in [0.717, 1.165) is 11.1 Å². The molecule has 2 aromatic carbocycles. The first-order valence-electron chi connectivity index (χ1n) is 15.9. The number of hydrogen-bond donors (Lipinski definition) is 0. The molecule has 9 nitrogen and oxygen atoms in total. The molecule has 0 bridgehead atoms. The van der Waals surface area contributed by atoms with Crippen LogP contribution in [0.1, 0.15) is 59.1 Å². The summed E-state index contributed by atoms with van der Waals surface area (Å²) in [6.45, 7) is 16.7. The minimum atomic E-state index is -2.13. The van der Waals surface area contributed by atoms with Gasteiger partial charge in [-0.05, 0) is 62.2 Å². The van der Waals surface area contributed by atoms with Gasteiger partial charge in [-0.25, -0.2) is 9.59 Å². The molecule has 0 unspecified atom stereocenters. The van der Waals surface area contributed by atoms with Crippen LogP contribution < -0.4 is 0 Å². The predicted octanol–water partition coefficient (Wildman–Crippen LogP) is 7.11. The molecule has 0 aromatic heterocycles. The van der Waals surface area contributed by atoms with Crippen LogP contribution in [-0.2, 0) is 55.7 Å². The molecule has 0 aliphatic rings. The van der Waals surface area contributed by atoms with Gasteiger partial charge in [0.2, 0.25) is 0 Å². The second-order valence-corrected chi connectivity index (χ2v) is 17.8. The highest BCUT2D eigenvalue weighted by atomic mass is 28.4. The number of esters is 3. The smallest absolute Gasteiger partial charge is 0.330 e. The van der Waals surface area contributed by atoms with Gasteiger partial charge in [0.15, 0.2) is 8.32 Å². The van der Waals surface area contributed by atoms with Gasteiger partial charge >= 0.3 is 17.9 Å². The second-order valence-electron chi connectivity index (χ2n) is 13.0. The molecule has 0 saturated heterocycles. The quantitative estimate of drug-likeness (QED) is 0.0711. The number of carbonyl (C=O) groups is 3. The summed E-state index contributed by atoms with van der Waals surface area (Å²) in [6, 6.07) is 19.3. The fraction of sp³-hybridized carbons (Fsp3) is 0.486. The van der Waals surface area contributed by atoms with E-state index in [2.05, 4.69) is 38.6 Å². The lowest BCUT2D eigenvalue weighted by molar-refractivity contribution is -0.149. The van der Waals surface area contributed by atoms with Crippen LogP contribution in [0.15, 0.2) is 85.0 Å². The molecule has 0 radical (unpaired) electrons. The van der Waals surface area contributed by atoms with Crippen molar-refractivity contribution in [3.05, 3.63) is 96.1 Å². The van der Waals surface area contributed by atoms with Crippen molar-refractivity contribution < 1.29 is 42.5 Å². The number of hydrogen-bond acceptors (Lipinski definition) is 9. The zero-order chi connectivity index (χ0) is 35.0. The molecule has 47 heavy (non-hydrogen) atoms. The zero-order valence-electron chi connectivity index (χ0n) is 29.3. The summed E-state index contributed by atoms with van der Waals surface area (Å²) in [5.74, 6) is -1.75. The normalized spacial score (nSPS) is 15.5. The van der Waals surface area contributed by atoms with E-state index in [1.54, 1.807) is 19.9 Å². The first-order valence-corrected chi connectivity index (χ1v) is 18.9. The zero-order valence-corrected chi connectivity index (χ0v) is 30.3. The number of methoxy groups -OCH3 is 1. The maximum absolute atomic E-state index is 13.1. The molecule has 0 N–H and O–H groups in total. The van der Waals surface area contributed by atoms with Crippen molar-refractivity contribution in [2.45, 2.75) is 110 Å². The molecule has 2 aromatic rings. The number of rotatable bonds is 18. The lowest BCUT2D eigenvalue weighted by Gasteiger charge is -2.39.